The van der Waals surface area contributed by atoms with E-state index in [9.17, 15) is 4.79 Å². The molecule has 0 aliphatic rings. The third-order valence-electron chi connectivity index (χ3n) is 2.22. The van der Waals surface area contributed by atoms with E-state index in [-0.39, 0.29) is 12.6 Å². The standard InChI is InChI=1S/C9H14N2O3/c1-6(11(3)4-8(12)13)9-7(2)14-5-10-9/h5-6H,4H2,1-3H3,(H,12,13). The van der Waals surface area contributed by atoms with E-state index in [2.05, 4.69) is 4.98 Å². The van der Waals surface area contributed by atoms with Crippen LogP contribution in [0.15, 0.2) is 10.8 Å². The molecule has 0 saturated carbocycles. The molecular weight excluding hydrogens is 184 g/mol. The smallest absolute Gasteiger partial charge is 0.317 e. The van der Waals surface area contributed by atoms with Crippen LogP contribution in [-0.2, 0) is 4.79 Å². The van der Waals surface area contributed by atoms with Gasteiger partial charge in [-0.1, -0.05) is 0 Å². The van der Waals surface area contributed by atoms with Crippen molar-refractivity contribution in [3.63, 3.8) is 0 Å². The van der Waals surface area contributed by atoms with Gasteiger partial charge in [0, 0.05) is 0 Å². The van der Waals surface area contributed by atoms with Crippen LogP contribution < -0.4 is 0 Å². The van der Waals surface area contributed by atoms with Crippen molar-refractivity contribution in [2.24, 2.45) is 0 Å². The van der Waals surface area contributed by atoms with Crippen molar-refractivity contribution in [2.75, 3.05) is 13.6 Å². The molecule has 0 spiro atoms. The number of hydrogen-bond donors (Lipinski definition) is 1. The first-order valence-electron chi connectivity index (χ1n) is 4.34. The topological polar surface area (TPSA) is 66.6 Å². The number of carboxylic acid groups (broad SMARTS) is 1. The lowest BCUT2D eigenvalue weighted by Crippen LogP contribution is -2.29. The van der Waals surface area contributed by atoms with E-state index in [1.165, 1.54) is 6.39 Å². The Morgan fingerprint density at radius 1 is 1.79 bits per heavy atom. The highest BCUT2D eigenvalue weighted by atomic mass is 16.4. The van der Waals surface area contributed by atoms with E-state index in [0.717, 1.165) is 11.5 Å². The van der Waals surface area contributed by atoms with E-state index in [1.54, 1.807) is 11.9 Å². The Labute approximate surface area is 82.4 Å². The Morgan fingerprint density at radius 2 is 2.43 bits per heavy atom. The Hall–Kier alpha value is -1.36. The molecule has 14 heavy (non-hydrogen) atoms. The van der Waals surface area contributed by atoms with Crippen molar-refractivity contribution in [3.05, 3.63) is 17.8 Å². The lowest BCUT2D eigenvalue weighted by Gasteiger charge is -2.21. The molecule has 0 bridgehead atoms. The van der Waals surface area contributed by atoms with Gasteiger partial charge in [0.05, 0.1) is 18.3 Å². The number of carbonyl (C=O) groups is 1. The number of aromatic nitrogens is 1. The highest BCUT2D eigenvalue weighted by Gasteiger charge is 2.18. The molecule has 0 saturated heterocycles. The van der Waals surface area contributed by atoms with Crippen molar-refractivity contribution in [2.45, 2.75) is 19.9 Å². The molecule has 1 heterocycles. The van der Waals surface area contributed by atoms with E-state index < -0.39 is 5.97 Å². The van der Waals surface area contributed by atoms with Crippen LogP contribution in [0.1, 0.15) is 24.4 Å². The normalized spacial score (nSPS) is 13.1. The Kier molecular flexibility index (Phi) is 3.24. The van der Waals surface area contributed by atoms with E-state index in [0.29, 0.717) is 0 Å². The molecule has 1 N–H and O–H groups in total. The van der Waals surface area contributed by atoms with Crippen LogP contribution in [0.3, 0.4) is 0 Å². The van der Waals surface area contributed by atoms with Crippen LogP contribution in [0, 0.1) is 6.92 Å². The number of hydrogen-bond acceptors (Lipinski definition) is 4. The summed E-state index contributed by atoms with van der Waals surface area (Å²) in [5, 5.41) is 8.61. The first-order chi connectivity index (χ1) is 6.52. The zero-order chi connectivity index (χ0) is 10.7. The SMILES string of the molecule is Cc1ocnc1C(C)N(C)CC(=O)O. The summed E-state index contributed by atoms with van der Waals surface area (Å²) in [6, 6.07) is -0.0511. The van der Waals surface area contributed by atoms with Gasteiger partial charge in [0.25, 0.3) is 0 Å². The van der Waals surface area contributed by atoms with Crippen LogP contribution in [0.5, 0.6) is 0 Å². The van der Waals surface area contributed by atoms with Gasteiger partial charge in [0.15, 0.2) is 6.39 Å². The Morgan fingerprint density at radius 3 is 2.86 bits per heavy atom. The Balaban J connectivity index is 2.70. The second-order valence-corrected chi connectivity index (χ2v) is 3.28. The van der Waals surface area contributed by atoms with Crippen molar-refractivity contribution in [3.8, 4) is 0 Å². The van der Waals surface area contributed by atoms with Crippen molar-refractivity contribution in [1.82, 2.24) is 9.88 Å². The van der Waals surface area contributed by atoms with Gasteiger partial charge in [-0.25, -0.2) is 4.98 Å². The molecule has 78 valence electrons. The average molecular weight is 198 g/mol. The molecule has 0 radical (unpaired) electrons. The third kappa shape index (κ3) is 2.32. The molecule has 1 aromatic heterocycles. The molecule has 0 aliphatic heterocycles. The first kappa shape index (κ1) is 10.7. The molecule has 0 aromatic carbocycles. The molecule has 0 fully saturated rings. The lowest BCUT2D eigenvalue weighted by atomic mass is 10.2. The van der Waals surface area contributed by atoms with Gasteiger partial charge < -0.3 is 9.52 Å². The first-order valence-corrected chi connectivity index (χ1v) is 4.34. The summed E-state index contributed by atoms with van der Waals surface area (Å²) in [7, 11) is 1.74. The summed E-state index contributed by atoms with van der Waals surface area (Å²) < 4.78 is 5.06. The lowest BCUT2D eigenvalue weighted by molar-refractivity contribution is -0.138. The average Bonchev–Trinajstić information content (AvgIpc) is 2.48. The van der Waals surface area contributed by atoms with Crippen LogP contribution in [0.25, 0.3) is 0 Å². The van der Waals surface area contributed by atoms with Crippen molar-refractivity contribution >= 4 is 5.97 Å². The molecular formula is C9H14N2O3. The van der Waals surface area contributed by atoms with Crippen molar-refractivity contribution in [1.29, 1.82) is 0 Å². The number of likely N-dealkylation sites (N-methyl/N-ethyl adjacent to an activating group) is 1. The minimum Gasteiger partial charge on any atom is -0.480 e. The number of nitrogens with zero attached hydrogens (tertiary/aromatic N) is 2. The molecule has 1 rings (SSSR count). The van der Waals surface area contributed by atoms with Gasteiger partial charge in [-0.2, -0.15) is 0 Å². The molecule has 1 unspecified atom stereocenters. The van der Waals surface area contributed by atoms with Gasteiger partial charge >= 0.3 is 5.97 Å². The fourth-order valence-electron chi connectivity index (χ4n) is 1.27. The third-order valence-corrected chi connectivity index (χ3v) is 2.22. The molecule has 1 atom stereocenters. The van der Waals surface area contributed by atoms with E-state index in [1.807, 2.05) is 13.8 Å². The summed E-state index contributed by atoms with van der Waals surface area (Å²) in [6.07, 6.45) is 1.37. The zero-order valence-electron chi connectivity index (χ0n) is 8.52. The number of aryl methyl sites for hydroxylation is 1. The van der Waals surface area contributed by atoms with E-state index >= 15 is 0 Å². The predicted octanol–water partition coefficient (Wildman–Crippen LogP) is 1.06. The predicted molar refractivity (Wildman–Crippen MR) is 49.9 cm³/mol. The van der Waals surface area contributed by atoms with Gasteiger partial charge in [-0.15, -0.1) is 0 Å². The second-order valence-electron chi connectivity index (χ2n) is 3.28. The van der Waals surface area contributed by atoms with Gasteiger partial charge in [0.1, 0.15) is 5.76 Å². The minimum atomic E-state index is -0.847. The molecule has 5 heteroatoms. The Bertz CT molecular complexity index is 322. The van der Waals surface area contributed by atoms with E-state index in [4.69, 9.17) is 9.52 Å². The molecule has 5 nitrogen and oxygen atoms in total. The van der Waals surface area contributed by atoms with Crippen LogP contribution in [-0.4, -0.2) is 34.6 Å². The van der Waals surface area contributed by atoms with Crippen LogP contribution in [0.4, 0.5) is 0 Å². The van der Waals surface area contributed by atoms with Gasteiger partial charge in [-0.3, -0.25) is 9.69 Å². The van der Waals surface area contributed by atoms with Crippen molar-refractivity contribution < 1.29 is 14.3 Å². The second kappa shape index (κ2) is 4.23. The highest BCUT2D eigenvalue weighted by Crippen LogP contribution is 2.19. The maximum atomic E-state index is 10.5. The quantitative estimate of drug-likeness (QED) is 0.783. The number of aliphatic carboxylic acids is 1. The fourth-order valence-corrected chi connectivity index (χ4v) is 1.27. The fraction of sp³-hybridized carbons (Fsp3) is 0.556. The number of oxazole rings is 1. The monoisotopic (exact) mass is 198 g/mol. The van der Waals surface area contributed by atoms with Crippen LogP contribution >= 0.6 is 0 Å². The summed E-state index contributed by atoms with van der Waals surface area (Å²) in [6.45, 7) is 3.70. The largest absolute Gasteiger partial charge is 0.480 e. The molecule has 0 aliphatic carbocycles. The molecule has 1 aromatic rings. The minimum absolute atomic E-state index is 0.00648. The summed E-state index contributed by atoms with van der Waals surface area (Å²) in [5.41, 5.74) is 0.786. The van der Waals surface area contributed by atoms with Gasteiger partial charge in [0.2, 0.25) is 0 Å². The summed E-state index contributed by atoms with van der Waals surface area (Å²) in [5.74, 6) is -0.116. The maximum Gasteiger partial charge on any atom is 0.317 e. The maximum absolute atomic E-state index is 10.5. The highest BCUT2D eigenvalue weighted by molar-refractivity contribution is 5.69. The summed E-state index contributed by atoms with van der Waals surface area (Å²) >= 11 is 0. The number of rotatable bonds is 4. The summed E-state index contributed by atoms with van der Waals surface area (Å²) in [4.78, 5) is 16.2. The zero-order valence-corrected chi connectivity index (χ0v) is 8.52. The number of carboxylic acids is 1. The van der Waals surface area contributed by atoms with Crippen LogP contribution in [0.2, 0.25) is 0 Å². The molecule has 0 amide bonds. The van der Waals surface area contributed by atoms with Gasteiger partial charge in [-0.05, 0) is 20.9 Å².